The van der Waals surface area contributed by atoms with E-state index in [0.717, 1.165) is 10.6 Å². The van der Waals surface area contributed by atoms with Crippen molar-refractivity contribution in [1.29, 1.82) is 0 Å². The number of rotatable bonds is 13. The Kier molecular flexibility index (Phi) is 9.97. The highest BCUT2D eigenvalue weighted by Gasteiger charge is 2.30. The van der Waals surface area contributed by atoms with Crippen LogP contribution in [0.25, 0.3) is 0 Å². The first-order valence-corrected chi connectivity index (χ1v) is 9.71. The van der Waals surface area contributed by atoms with Crippen LogP contribution >= 0.6 is 7.60 Å². The second kappa shape index (κ2) is 11.4. The van der Waals surface area contributed by atoms with Gasteiger partial charge in [-0.05, 0) is 12.0 Å². The first-order valence-electron chi connectivity index (χ1n) is 7.98. The number of benzene rings is 1. The van der Waals surface area contributed by atoms with Gasteiger partial charge in [-0.15, -0.1) is 0 Å². The standard InChI is InChI=1S/C16H26NO8P/c1-23-26(22,24-2)9-8-14(19)16(21)15(20)10-17(12-18)25-11-13-6-4-3-5-7-13/h3-7,12,14-16,19-21H,8-11H2,1-2H3/t14-,15+,16-/m1/s1. The highest BCUT2D eigenvalue weighted by molar-refractivity contribution is 7.53. The normalized spacial score (nSPS) is 15.3. The summed E-state index contributed by atoms with van der Waals surface area (Å²) in [6, 6.07) is 9.09. The highest BCUT2D eigenvalue weighted by atomic mass is 31.2. The average molecular weight is 391 g/mol. The molecule has 3 atom stereocenters. The van der Waals surface area contributed by atoms with Crippen molar-refractivity contribution < 1.29 is 38.6 Å². The van der Waals surface area contributed by atoms with E-state index in [1.807, 2.05) is 30.3 Å². The van der Waals surface area contributed by atoms with E-state index in [4.69, 9.17) is 13.9 Å². The van der Waals surface area contributed by atoms with Gasteiger partial charge in [-0.1, -0.05) is 30.3 Å². The maximum Gasteiger partial charge on any atom is 0.330 e. The fourth-order valence-corrected chi connectivity index (χ4v) is 3.22. The number of hydroxylamine groups is 2. The first-order chi connectivity index (χ1) is 12.3. The third kappa shape index (κ3) is 7.51. The monoisotopic (exact) mass is 391 g/mol. The molecule has 26 heavy (non-hydrogen) atoms. The van der Waals surface area contributed by atoms with Gasteiger partial charge in [-0.2, -0.15) is 0 Å². The Morgan fingerprint density at radius 3 is 2.27 bits per heavy atom. The number of carbonyl (C=O) groups is 1. The van der Waals surface area contributed by atoms with Crippen LogP contribution < -0.4 is 0 Å². The maximum atomic E-state index is 11.9. The van der Waals surface area contributed by atoms with Crippen molar-refractivity contribution in [2.24, 2.45) is 0 Å². The van der Waals surface area contributed by atoms with Gasteiger partial charge in [-0.3, -0.25) is 14.2 Å². The van der Waals surface area contributed by atoms with Gasteiger partial charge in [0.15, 0.2) is 0 Å². The van der Waals surface area contributed by atoms with Crippen LogP contribution in [-0.2, 0) is 29.9 Å². The molecule has 0 aliphatic heterocycles. The molecule has 1 aromatic carbocycles. The van der Waals surface area contributed by atoms with E-state index < -0.39 is 25.9 Å². The fraction of sp³-hybridized carbons (Fsp3) is 0.562. The van der Waals surface area contributed by atoms with Crippen LogP contribution in [0.3, 0.4) is 0 Å². The molecule has 9 nitrogen and oxygen atoms in total. The molecule has 10 heteroatoms. The summed E-state index contributed by atoms with van der Waals surface area (Å²) in [5.41, 5.74) is 0.823. The van der Waals surface area contributed by atoms with Crippen molar-refractivity contribution >= 4 is 14.0 Å². The molecule has 3 N–H and O–H groups in total. The van der Waals surface area contributed by atoms with E-state index >= 15 is 0 Å². The Labute approximate surface area is 152 Å². The van der Waals surface area contributed by atoms with E-state index in [9.17, 15) is 24.7 Å². The van der Waals surface area contributed by atoms with Crippen LogP contribution in [0.4, 0.5) is 0 Å². The Hall–Kier alpha value is -1.32. The Morgan fingerprint density at radius 1 is 1.12 bits per heavy atom. The minimum absolute atomic E-state index is 0.107. The van der Waals surface area contributed by atoms with Crippen LogP contribution in [-0.4, -0.2) is 72.0 Å². The molecule has 0 bridgehead atoms. The lowest BCUT2D eigenvalue weighted by Crippen LogP contribution is -2.44. The Bertz CT molecular complexity index is 565. The van der Waals surface area contributed by atoms with Crippen LogP contribution in [0.5, 0.6) is 0 Å². The maximum absolute atomic E-state index is 11.9. The molecule has 1 rings (SSSR count). The second-order valence-corrected chi connectivity index (χ2v) is 7.98. The first kappa shape index (κ1) is 22.7. The summed E-state index contributed by atoms with van der Waals surface area (Å²) in [5, 5.41) is 30.8. The van der Waals surface area contributed by atoms with Gasteiger partial charge in [0.05, 0.1) is 18.8 Å². The molecule has 0 heterocycles. The van der Waals surface area contributed by atoms with Crippen molar-refractivity contribution in [3.8, 4) is 0 Å². The zero-order valence-electron chi connectivity index (χ0n) is 14.8. The van der Waals surface area contributed by atoms with E-state index in [1.54, 1.807) is 0 Å². The third-order valence-corrected chi connectivity index (χ3v) is 5.69. The van der Waals surface area contributed by atoms with E-state index in [1.165, 1.54) is 14.2 Å². The number of aliphatic hydroxyl groups is 3. The molecule has 0 radical (unpaired) electrons. The molecule has 0 fully saturated rings. The predicted octanol–water partition coefficient (Wildman–Crippen LogP) is 0.535. The van der Waals surface area contributed by atoms with Crippen LogP contribution in [0.15, 0.2) is 30.3 Å². The largest absolute Gasteiger partial charge is 0.390 e. The van der Waals surface area contributed by atoms with Crippen molar-refractivity contribution in [2.75, 3.05) is 26.9 Å². The van der Waals surface area contributed by atoms with Crippen molar-refractivity contribution in [2.45, 2.75) is 31.3 Å². The molecule has 0 saturated heterocycles. The second-order valence-electron chi connectivity index (χ2n) is 5.58. The van der Waals surface area contributed by atoms with E-state index in [2.05, 4.69) is 0 Å². The van der Waals surface area contributed by atoms with Gasteiger partial charge < -0.3 is 24.4 Å². The van der Waals surface area contributed by atoms with Gasteiger partial charge in [0.2, 0.25) is 6.41 Å². The lowest BCUT2D eigenvalue weighted by Gasteiger charge is -2.27. The average Bonchev–Trinajstić information content (AvgIpc) is 2.68. The third-order valence-electron chi connectivity index (χ3n) is 3.77. The molecule has 1 amide bonds. The highest BCUT2D eigenvalue weighted by Crippen LogP contribution is 2.47. The van der Waals surface area contributed by atoms with Gasteiger partial charge in [0.1, 0.15) is 18.8 Å². The zero-order chi connectivity index (χ0) is 19.6. The van der Waals surface area contributed by atoms with Crippen LogP contribution in [0.1, 0.15) is 12.0 Å². The van der Waals surface area contributed by atoms with Crippen molar-refractivity contribution in [3.05, 3.63) is 35.9 Å². The van der Waals surface area contributed by atoms with Gasteiger partial charge in [0.25, 0.3) is 0 Å². The molecular weight excluding hydrogens is 365 g/mol. The quantitative estimate of drug-likeness (QED) is 0.253. The number of aliphatic hydroxyl groups excluding tert-OH is 3. The topological polar surface area (TPSA) is 126 Å². The predicted molar refractivity (Wildman–Crippen MR) is 93.1 cm³/mol. The number of hydrogen-bond acceptors (Lipinski definition) is 8. The van der Waals surface area contributed by atoms with E-state index in [-0.39, 0.29) is 25.7 Å². The molecule has 0 unspecified atom stereocenters. The van der Waals surface area contributed by atoms with Crippen LogP contribution in [0.2, 0.25) is 0 Å². The zero-order valence-corrected chi connectivity index (χ0v) is 15.7. The van der Waals surface area contributed by atoms with Gasteiger partial charge in [-0.25, -0.2) is 5.06 Å². The van der Waals surface area contributed by atoms with Crippen molar-refractivity contribution in [1.82, 2.24) is 5.06 Å². The fourth-order valence-electron chi connectivity index (χ4n) is 2.12. The van der Waals surface area contributed by atoms with Gasteiger partial charge in [0, 0.05) is 14.2 Å². The summed E-state index contributed by atoms with van der Waals surface area (Å²) >= 11 is 0. The summed E-state index contributed by atoms with van der Waals surface area (Å²) in [4.78, 5) is 16.3. The van der Waals surface area contributed by atoms with Crippen LogP contribution in [0, 0.1) is 0 Å². The minimum atomic E-state index is -3.33. The molecule has 1 aromatic rings. The molecule has 0 spiro atoms. The lowest BCUT2D eigenvalue weighted by molar-refractivity contribution is -0.192. The summed E-state index contributed by atoms with van der Waals surface area (Å²) < 4.78 is 21.4. The molecule has 0 aliphatic carbocycles. The van der Waals surface area contributed by atoms with E-state index in [0.29, 0.717) is 6.41 Å². The molecule has 0 saturated carbocycles. The lowest BCUT2D eigenvalue weighted by atomic mass is 10.1. The molecular formula is C16H26NO8P. The smallest absolute Gasteiger partial charge is 0.330 e. The molecule has 0 aromatic heterocycles. The SMILES string of the molecule is COP(=O)(CC[C@@H](O)[C@@H](O)[C@@H](O)CN(C=O)OCc1ccccc1)OC. The number of hydrogen-bond donors (Lipinski definition) is 3. The molecule has 148 valence electrons. The summed E-state index contributed by atoms with van der Waals surface area (Å²) in [6.45, 7) is -0.239. The summed E-state index contributed by atoms with van der Waals surface area (Å²) in [7, 11) is -0.895. The van der Waals surface area contributed by atoms with Crippen molar-refractivity contribution in [3.63, 3.8) is 0 Å². The molecule has 0 aliphatic rings. The number of amides is 1. The Morgan fingerprint density at radius 2 is 1.73 bits per heavy atom. The number of nitrogens with zero attached hydrogens (tertiary/aromatic N) is 1. The minimum Gasteiger partial charge on any atom is -0.390 e. The Balaban J connectivity index is 2.48. The summed E-state index contributed by atoms with van der Waals surface area (Å²) in [5.74, 6) is 0. The van der Waals surface area contributed by atoms with Gasteiger partial charge >= 0.3 is 7.60 Å². The summed E-state index contributed by atoms with van der Waals surface area (Å²) in [6.07, 6.45) is -4.30. The number of carbonyl (C=O) groups excluding carboxylic acids is 1.